The minimum absolute atomic E-state index is 0.994. The molecule has 3 nitrogen and oxygen atoms in total. The van der Waals surface area contributed by atoms with Gasteiger partial charge in [-0.15, -0.1) is 0 Å². The largest absolute Gasteiger partial charge is 0.297 e. The van der Waals surface area contributed by atoms with Crippen molar-refractivity contribution < 1.29 is 0 Å². The van der Waals surface area contributed by atoms with Crippen LogP contribution in [0.15, 0.2) is 4.47 Å². The summed E-state index contributed by atoms with van der Waals surface area (Å²) in [5.41, 5.74) is 2.49. The lowest BCUT2D eigenvalue weighted by Gasteiger charge is -2.14. The fourth-order valence-electron chi connectivity index (χ4n) is 2.14. The first kappa shape index (κ1) is 11.1. The number of hydrogen-bond acceptors (Lipinski definition) is 2. The molecule has 0 N–H and O–H groups in total. The Hall–Kier alpha value is -0.350. The fourth-order valence-corrected chi connectivity index (χ4v) is 2.89. The van der Waals surface area contributed by atoms with Crippen LogP contribution in [0.1, 0.15) is 31.2 Å². The fraction of sp³-hybridized carbons (Fsp3) is 0.727. The van der Waals surface area contributed by atoms with Gasteiger partial charge in [0.2, 0.25) is 0 Å². The third-order valence-electron chi connectivity index (χ3n) is 3.08. The molecule has 15 heavy (non-hydrogen) atoms. The van der Waals surface area contributed by atoms with Gasteiger partial charge in [0.1, 0.15) is 0 Å². The molecule has 1 aromatic rings. The van der Waals surface area contributed by atoms with Crippen molar-refractivity contribution in [2.75, 3.05) is 13.1 Å². The Morgan fingerprint density at radius 2 is 2.00 bits per heavy atom. The van der Waals surface area contributed by atoms with Crippen LogP contribution in [-0.2, 0) is 20.0 Å². The standard InChI is InChI=1S/C11H18BrN3/c1-3-9-11(12)10(14(2)13-9)8-15-6-4-5-7-15/h3-8H2,1-2H3. The highest BCUT2D eigenvalue weighted by atomic mass is 79.9. The maximum Gasteiger partial charge on any atom is 0.0767 e. The number of nitrogens with zero attached hydrogens (tertiary/aromatic N) is 3. The first-order chi connectivity index (χ1) is 7.22. The highest BCUT2D eigenvalue weighted by molar-refractivity contribution is 9.10. The van der Waals surface area contributed by atoms with Gasteiger partial charge in [0.05, 0.1) is 15.9 Å². The van der Waals surface area contributed by atoms with Crippen LogP contribution in [0.5, 0.6) is 0 Å². The zero-order valence-electron chi connectivity index (χ0n) is 9.46. The van der Waals surface area contributed by atoms with E-state index >= 15 is 0 Å². The van der Waals surface area contributed by atoms with E-state index in [-0.39, 0.29) is 0 Å². The molecule has 1 aliphatic rings. The van der Waals surface area contributed by atoms with Crippen molar-refractivity contribution in [3.8, 4) is 0 Å². The molecule has 1 aliphatic heterocycles. The van der Waals surface area contributed by atoms with Gasteiger partial charge in [-0.2, -0.15) is 5.10 Å². The summed E-state index contributed by atoms with van der Waals surface area (Å²) in [4.78, 5) is 2.50. The molecule has 2 heterocycles. The molecule has 0 bridgehead atoms. The summed E-state index contributed by atoms with van der Waals surface area (Å²) >= 11 is 3.66. The van der Waals surface area contributed by atoms with Gasteiger partial charge in [-0.3, -0.25) is 9.58 Å². The molecule has 0 aromatic carbocycles. The van der Waals surface area contributed by atoms with Crippen molar-refractivity contribution in [3.63, 3.8) is 0 Å². The van der Waals surface area contributed by atoms with Crippen LogP contribution in [0.2, 0.25) is 0 Å². The van der Waals surface area contributed by atoms with E-state index < -0.39 is 0 Å². The van der Waals surface area contributed by atoms with Gasteiger partial charge in [-0.25, -0.2) is 0 Å². The lowest BCUT2D eigenvalue weighted by atomic mass is 10.3. The number of rotatable bonds is 3. The van der Waals surface area contributed by atoms with Gasteiger partial charge in [0, 0.05) is 13.6 Å². The minimum Gasteiger partial charge on any atom is -0.297 e. The molecule has 0 unspecified atom stereocenters. The normalized spacial score (nSPS) is 17.5. The van der Waals surface area contributed by atoms with E-state index in [1.165, 1.54) is 41.8 Å². The van der Waals surface area contributed by atoms with Crippen LogP contribution in [-0.4, -0.2) is 27.8 Å². The molecule has 0 spiro atoms. The van der Waals surface area contributed by atoms with E-state index in [9.17, 15) is 0 Å². The summed E-state index contributed by atoms with van der Waals surface area (Å²) in [6, 6.07) is 0. The molecular weight excluding hydrogens is 254 g/mol. The summed E-state index contributed by atoms with van der Waals surface area (Å²) in [6.07, 6.45) is 3.68. The van der Waals surface area contributed by atoms with Crippen molar-refractivity contribution in [2.45, 2.75) is 32.7 Å². The second kappa shape index (κ2) is 4.66. The van der Waals surface area contributed by atoms with Gasteiger partial charge in [0.15, 0.2) is 0 Å². The average molecular weight is 272 g/mol. The number of likely N-dealkylation sites (tertiary alicyclic amines) is 1. The third-order valence-corrected chi connectivity index (χ3v) is 3.99. The quantitative estimate of drug-likeness (QED) is 0.842. The monoisotopic (exact) mass is 271 g/mol. The van der Waals surface area contributed by atoms with E-state index in [4.69, 9.17) is 0 Å². The number of aryl methyl sites for hydroxylation is 2. The molecule has 0 aliphatic carbocycles. The maximum absolute atomic E-state index is 4.51. The molecule has 1 fully saturated rings. The van der Waals surface area contributed by atoms with Crippen molar-refractivity contribution in [1.82, 2.24) is 14.7 Å². The second-order valence-corrected chi connectivity index (χ2v) is 4.96. The molecule has 0 amide bonds. The van der Waals surface area contributed by atoms with Gasteiger partial charge in [-0.1, -0.05) is 6.92 Å². The van der Waals surface area contributed by atoms with Crippen LogP contribution >= 0.6 is 15.9 Å². The molecular formula is C11H18BrN3. The molecule has 0 radical (unpaired) electrons. The van der Waals surface area contributed by atoms with Gasteiger partial charge >= 0.3 is 0 Å². The third kappa shape index (κ3) is 2.26. The number of aromatic nitrogens is 2. The molecule has 1 saturated heterocycles. The Balaban J connectivity index is 2.15. The van der Waals surface area contributed by atoms with Crippen LogP contribution in [0, 0.1) is 0 Å². The summed E-state index contributed by atoms with van der Waals surface area (Å²) in [6.45, 7) is 5.65. The molecule has 2 rings (SSSR count). The molecule has 4 heteroatoms. The zero-order chi connectivity index (χ0) is 10.8. The van der Waals surface area contributed by atoms with E-state index in [0.717, 1.165) is 13.0 Å². The van der Waals surface area contributed by atoms with E-state index in [1.807, 2.05) is 11.7 Å². The number of halogens is 1. The predicted octanol–water partition coefficient (Wildman–Crippen LogP) is 2.34. The first-order valence-corrected chi connectivity index (χ1v) is 6.44. The molecule has 1 aromatic heterocycles. The highest BCUT2D eigenvalue weighted by Crippen LogP contribution is 2.24. The SMILES string of the molecule is CCc1nn(C)c(CN2CCCC2)c1Br. The van der Waals surface area contributed by atoms with E-state index in [1.54, 1.807) is 0 Å². The molecule has 0 saturated carbocycles. The van der Waals surface area contributed by atoms with Crippen molar-refractivity contribution >= 4 is 15.9 Å². The van der Waals surface area contributed by atoms with Crippen molar-refractivity contribution in [1.29, 1.82) is 0 Å². The van der Waals surface area contributed by atoms with Crippen LogP contribution < -0.4 is 0 Å². The van der Waals surface area contributed by atoms with Crippen molar-refractivity contribution in [2.24, 2.45) is 7.05 Å². The zero-order valence-corrected chi connectivity index (χ0v) is 11.0. The first-order valence-electron chi connectivity index (χ1n) is 5.65. The Morgan fingerprint density at radius 3 is 2.53 bits per heavy atom. The van der Waals surface area contributed by atoms with Crippen LogP contribution in [0.25, 0.3) is 0 Å². The smallest absolute Gasteiger partial charge is 0.0767 e. The summed E-state index contributed by atoms with van der Waals surface area (Å²) in [7, 11) is 2.04. The summed E-state index contributed by atoms with van der Waals surface area (Å²) < 4.78 is 3.22. The molecule has 84 valence electrons. The minimum atomic E-state index is 0.994. The summed E-state index contributed by atoms with van der Waals surface area (Å²) in [5, 5.41) is 4.51. The lowest BCUT2D eigenvalue weighted by Crippen LogP contribution is -2.20. The Morgan fingerprint density at radius 1 is 1.33 bits per heavy atom. The Labute approximate surface area is 99.6 Å². The number of hydrogen-bond donors (Lipinski definition) is 0. The average Bonchev–Trinajstić information content (AvgIpc) is 2.81. The predicted molar refractivity (Wildman–Crippen MR) is 64.8 cm³/mol. The maximum atomic E-state index is 4.51. The topological polar surface area (TPSA) is 21.1 Å². The highest BCUT2D eigenvalue weighted by Gasteiger charge is 2.18. The van der Waals surface area contributed by atoms with E-state index in [2.05, 4.69) is 32.9 Å². The van der Waals surface area contributed by atoms with Gasteiger partial charge in [0.25, 0.3) is 0 Å². The lowest BCUT2D eigenvalue weighted by molar-refractivity contribution is 0.320. The Kier molecular flexibility index (Phi) is 3.46. The summed E-state index contributed by atoms with van der Waals surface area (Å²) in [5.74, 6) is 0. The van der Waals surface area contributed by atoms with E-state index in [0.29, 0.717) is 0 Å². The second-order valence-electron chi connectivity index (χ2n) is 4.17. The van der Waals surface area contributed by atoms with Gasteiger partial charge in [-0.05, 0) is 48.3 Å². The van der Waals surface area contributed by atoms with Crippen LogP contribution in [0.3, 0.4) is 0 Å². The molecule has 0 atom stereocenters. The van der Waals surface area contributed by atoms with Crippen LogP contribution in [0.4, 0.5) is 0 Å². The van der Waals surface area contributed by atoms with Crippen molar-refractivity contribution in [3.05, 3.63) is 15.9 Å². The van der Waals surface area contributed by atoms with Gasteiger partial charge < -0.3 is 0 Å². The Bertz CT molecular complexity index is 340.